The monoisotopic (exact) mass is 452 g/mol. The molecule has 2 aromatic rings. The van der Waals surface area contributed by atoms with E-state index in [4.69, 9.17) is 4.99 Å². The molecule has 0 aliphatic carbocycles. The Balaban J connectivity index is 0.00000312. The molecule has 4 nitrogen and oxygen atoms in total. The van der Waals surface area contributed by atoms with E-state index in [9.17, 15) is 0 Å². The van der Waals surface area contributed by atoms with Gasteiger partial charge in [-0.05, 0) is 42.5 Å². The van der Waals surface area contributed by atoms with E-state index in [-0.39, 0.29) is 24.0 Å². The van der Waals surface area contributed by atoms with Crippen molar-refractivity contribution in [2.45, 2.75) is 33.2 Å². The van der Waals surface area contributed by atoms with Gasteiger partial charge in [0, 0.05) is 39.1 Å². The number of benzene rings is 1. The Kier molecular flexibility index (Phi) is 10.1. The van der Waals surface area contributed by atoms with Crippen molar-refractivity contribution in [2.75, 3.05) is 20.1 Å². The number of halogens is 1. The molecule has 1 aromatic carbocycles. The number of nitrogens with one attached hydrogen (secondary N) is 1. The lowest BCUT2D eigenvalue weighted by atomic mass is 10.1. The van der Waals surface area contributed by atoms with Crippen LogP contribution in [0, 0.1) is 0 Å². The largest absolute Gasteiger partial charge is 0.357 e. The second kappa shape index (κ2) is 11.8. The third kappa shape index (κ3) is 7.42. The number of hydrogen-bond acceptors (Lipinski definition) is 2. The topological polar surface area (TPSA) is 40.5 Å². The molecule has 0 saturated carbocycles. The summed E-state index contributed by atoms with van der Waals surface area (Å²) in [6.45, 7) is 6.75. The maximum Gasteiger partial charge on any atom is 0.193 e. The minimum absolute atomic E-state index is 0. The van der Waals surface area contributed by atoms with Crippen LogP contribution in [0.3, 0.4) is 0 Å². The number of aromatic nitrogens is 1. The zero-order valence-corrected chi connectivity index (χ0v) is 17.7. The summed E-state index contributed by atoms with van der Waals surface area (Å²) in [7, 11) is 2.08. The van der Waals surface area contributed by atoms with Crippen LogP contribution in [0.25, 0.3) is 0 Å². The molecule has 0 aliphatic heterocycles. The van der Waals surface area contributed by atoms with Gasteiger partial charge in [-0.25, -0.2) is 0 Å². The fourth-order valence-corrected chi connectivity index (χ4v) is 2.54. The van der Waals surface area contributed by atoms with E-state index in [0.717, 1.165) is 38.4 Å². The Morgan fingerprint density at radius 3 is 2.40 bits per heavy atom. The Morgan fingerprint density at radius 1 is 1.08 bits per heavy atom. The predicted octanol–water partition coefficient (Wildman–Crippen LogP) is 3.90. The van der Waals surface area contributed by atoms with Crippen molar-refractivity contribution in [1.82, 2.24) is 15.2 Å². The maximum absolute atomic E-state index is 4.74. The van der Waals surface area contributed by atoms with Gasteiger partial charge in [-0.1, -0.05) is 37.3 Å². The maximum atomic E-state index is 4.74. The zero-order valence-electron chi connectivity index (χ0n) is 15.4. The Bertz CT molecular complexity index is 626. The standard InChI is InChI=1S/C20H28N4.HI/c1-4-17-8-10-19(11-9-17)16-24(3)20(22-5-2)23-14-12-18-7-6-13-21-15-18;/h6-11,13,15H,4-5,12,14,16H2,1-3H3,(H,22,23);1H. The molecule has 1 N–H and O–H groups in total. The second-order valence-electron chi connectivity index (χ2n) is 5.87. The molecule has 136 valence electrons. The second-order valence-corrected chi connectivity index (χ2v) is 5.87. The van der Waals surface area contributed by atoms with Crippen LogP contribution >= 0.6 is 24.0 Å². The molecule has 0 unspecified atom stereocenters. The predicted molar refractivity (Wildman–Crippen MR) is 117 cm³/mol. The molecule has 2 rings (SSSR count). The van der Waals surface area contributed by atoms with Crippen molar-refractivity contribution >= 4 is 29.9 Å². The smallest absolute Gasteiger partial charge is 0.193 e. The van der Waals surface area contributed by atoms with Crippen LogP contribution in [0.4, 0.5) is 0 Å². The van der Waals surface area contributed by atoms with Crippen molar-refractivity contribution in [1.29, 1.82) is 0 Å². The average Bonchev–Trinajstić information content (AvgIpc) is 2.62. The molecule has 0 aliphatic rings. The number of nitrogens with zero attached hydrogens (tertiary/aromatic N) is 3. The molecule has 1 heterocycles. The molecule has 0 radical (unpaired) electrons. The third-order valence-corrected chi connectivity index (χ3v) is 3.93. The van der Waals surface area contributed by atoms with Crippen LogP contribution in [-0.2, 0) is 19.4 Å². The van der Waals surface area contributed by atoms with E-state index >= 15 is 0 Å². The van der Waals surface area contributed by atoms with E-state index in [1.807, 2.05) is 12.3 Å². The number of aliphatic imine (C=N–C) groups is 1. The molecule has 0 bridgehead atoms. The molecule has 0 saturated heterocycles. The van der Waals surface area contributed by atoms with Gasteiger partial charge in [0.25, 0.3) is 0 Å². The fourth-order valence-electron chi connectivity index (χ4n) is 2.54. The summed E-state index contributed by atoms with van der Waals surface area (Å²) >= 11 is 0. The SMILES string of the molecule is CCNC(=NCCc1cccnc1)N(C)Cc1ccc(CC)cc1.I. The summed E-state index contributed by atoms with van der Waals surface area (Å²) in [4.78, 5) is 11.1. The van der Waals surface area contributed by atoms with Gasteiger partial charge in [-0.15, -0.1) is 24.0 Å². The Labute approximate surface area is 168 Å². The summed E-state index contributed by atoms with van der Waals surface area (Å²) in [5.74, 6) is 0.945. The first-order chi connectivity index (χ1) is 11.7. The minimum Gasteiger partial charge on any atom is -0.357 e. The first-order valence-corrected chi connectivity index (χ1v) is 8.69. The van der Waals surface area contributed by atoms with Gasteiger partial charge in [-0.2, -0.15) is 0 Å². The van der Waals surface area contributed by atoms with Gasteiger partial charge < -0.3 is 10.2 Å². The number of rotatable bonds is 7. The van der Waals surface area contributed by atoms with Crippen molar-refractivity contribution in [3.63, 3.8) is 0 Å². The summed E-state index contributed by atoms with van der Waals surface area (Å²) in [6, 6.07) is 12.9. The van der Waals surface area contributed by atoms with Crippen LogP contribution in [0.5, 0.6) is 0 Å². The van der Waals surface area contributed by atoms with E-state index in [0.29, 0.717) is 0 Å². The zero-order chi connectivity index (χ0) is 17.2. The molecular formula is C20H29IN4. The van der Waals surface area contributed by atoms with Gasteiger partial charge in [0.2, 0.25) is 0 Å². The van der Waals surface area contributed by atoms with Crippen LogP contribution < -0.4 is 5.32 Å². The number of guanidine groups is 1. The quantitative estimate of drug-likeness (QED) is 0.394. The van der Waals surface area contributed by atoms with Gasteiger partial charge in [-0.3, -0.25) is 9.98 Å². The van der Waals surface area contributed by atoms with Crippen molar-refractivity contribution < 1.29 is 0 Å². The molecule has 25 heavy (non-hydrogen) atoms. The summed E-state index contributed by atoms with van der Waals surface area (Å²) in [5.41, 5.74) is 3.89. The fraction of sp³-hybridized carbons (Fsp3) is 0.400. The molecule has 0 amide bonds. The number of pyridine rings is 1. The van der Waals surface area contributed by atoms with Gasteiger partial charge in [0.05, 0.1) is 0 Å². The van der Waals surface area contributed by atoms with Crippen molar-refractivity contribution in [3.8, 4) is 0 Å². The lowest BCUT2D eigenvalue weighted by Crippen LogP contribution is -2.38. The number of hydrogen-bond donors (Lipinski definition) is 1. The molecule has 5 heteroatoms. The van der Waals surface area contributed by atoms with E-state index in [1.54, 1.807) is 6.20 Å². The average molecular weight is 452 g/mol. The van der Waals surface area contributed by atoms with Crippen molar-refractivity contribution in [2.24, 2.45) is 4.99 Å². The highest BCUT2D eigenvalue weighted by atomic mass is 127. The highest BCUT2D eigenvalue weighted by Crippen LogP contribution is 2.07. The first kappa shape index (κ1) is 21.4. The van der Waals surface area contributed by atoms with Crippen LogP contribution in [0.15, 0.2) is 53.8 Å². The van der Waals surface area contributed by atoms with E-state index in [2.05, 4.69) is 66.4 Å². The van der Waals surface area contributed by atoms with E-state index < -0.39 is 0 Å². The molecule has 0 atom stereocenters. The van der Waals surface area contributed by atoms with Crippen LogP contribution in [-0.4, -0.2) is 36.0 Å². The highest BCUT2D eigenvalue weighted by molar-refractivity contribution is 14.0. The van der Waals surface area contributed by atoms with Gasteiger partial charge >= 0.3 is 0 Å². The molecular weight excluding hydrogens is 423 g/mol. The Morgan fingerprint density at radius 2 is 1.80 bits per heavy atom. The lowest BCUT2D eigenvalue weighted by Gasteiger charge is -2.22. The molecule has 0 spiro atoms. The van der Waals surface area contributed by atoms with Gasteiger partial charge in [0.1, 0.15) is 0 Å². The van der Waals surface area contributed by atoms with E-state index in [1.165, 1.54) is 16.7 Å². The summed E-state index contributed by atoms with van der Waals surface area (Å²) in [5, 5.41) is 3.37. The van der Waals surface area contributed by atoms with Crippen LogP contribution in [0.2, 0.25) is 0 Å². The first-order valence-electron chi connectivity index (χ1n) is 8.69. The van der Waals surface area contributed by atoms with Crippen LogP contribution in [0.1, 0.15) is 30.5 Å². The van der Waals surface area contributed by atoms with Crippen molar-refractivity contribution in [3.05, 3.63) is 65.5 Å². The van der Waals surface area contributed by atoms with Gasteiger partial charge in [0.15, 0.2) is 5.96 Å². The molecule has 1 aromatic heterocycles. The Hall–Kier alpha value is -1.63. The third-order valence-electron chi connectivity index (χ3n) is 3.93. The highest BCUT2D eigenvalue weighted by Gasteiger charge is 2.06. The normalized spacial score (nSPS) is 10.9. The molecule has 0 fully saturated rings. The summed E-state index contributed by atoms with van der Waals surface area (Å²) in [6.07, 6.45) is 5.69. The minimum atomic E-state index is 0. The number of aryl methyl sites for hydroxylation is 1. The lowest BCUT2D eigenvalue weighted by molar-refractivity contribution is 0.477. The summed E-state index contributed by atoms with van der Waals surface area (Å²) < 4.78 is 0.